The summed E-state index contributed by atoms with van der Waals surface area (Å²) in [4.78, 5) is 0. The van der Waals surface area contributed by atoms with Crippen molar-refractivity contribution in [1.29, 1.82) is 0 Å². The second-order valence-electron chi connectivity index (χ2n) is 1.92. The van der Waals surface area contributed by atoms with Crippen molar-refractivity contribution < 1.29 is 19.2 Å². The molecule has 0 atom stereocenters. The van der Waals surface area contributed by atoms with Gasteiger partial charge in [0.1, 0.15) is 0 Å². The Hall–Kier alpha value is 0.211. The third-order valence-electron chi connectivity index (χ3n) is 1.11. The third kappa shape index (κ3) is 23.8. The van der Waals surface area contributed by atoms with Crippen LogP contribution in [0.2, 0.25) is 0 Å². The van der Waals surface area contributed by atoms with Crippen LogP contribution in [-0.4, -0.2) is 7.63 Å². The van der Waals surface area contributed by atoms with E-state index in [-0.39, 0.29) is 39.7 Å². The summed E-state index contributed by atoms with van der Waals surface area (Å²) in [7, 11) is 1.86. The maximum atomic E-state index is 2.03. The van der Waals surface area contributed by atoms with Gasteiger partial charge in [0.2, 0.25) is 0 Å². The van der Waals surface area contributed by atoms with Gasteiger partial charge in [0.05, 0.1) is 0 Å². The molecule has 0 bridgehead atoms. The molecule has 0 radical (unpaired) electrons. The quantitative estimate of drug-likeness (QED) is 0.515. The second kappa shape index (κ2) is 29.5. The monoisotopic (exact) mass is 310 g/mol. The van der Waals surface area contributed by atoms with Crippen molar-refractivity contribution in [2.75, 3.05) is 0 Å². The zero-order valence-corrected chi connectivity index (χ0v) is 14.4. The summed E-state index contributed by atoms with van der Waals surface area (Å²) < 4.78 is 0. The molecule has 0 aromatic heterocycles. The maximum absolute atomic E-state index is 2.03. The predicted molar refractivity (Wildman–Crippen MR) is 79.9 cm³/mol. The third-order valence-corrected chi connectivity index (χ3v) is 1.11. The average Bonchev–Trinajstić information content (AvgIpc) is 2.87. The zero-order chi connectivity index (χ0) is 9.07. The largest absolute Gasteiger partial charge is 0.214 e. The van der Waals surface area contributed by atoms with Crippen LogP contribution in [0, 0.1) is 14.9 Å². The fourth-order valence-electron chi connectivity index (χ4n) is 0.642. The minimum Gasteiger partial charge on any atom is -0.214 e. The summed E-state index contributed by atoms with van der Waals surface area (Å²) in [6.45, 7) is 0. The standard InChI is InChI=1S/2C5H5.2CH3.2ClH.H2Si.Ti/c2*1-2-4-5-3-1;;;;;;/h2*1-5H;2*1H3;2*1H;1H2;/q4*-1;;;;. The molecule has 0 aliphatic rings. The smallest absolute Gasteiger partial charge is 0.172 e. The molecule has 2 aromatic carbocycles. The molecule has 0 aliphatic heterocycles. The Morgan fingerprint density at radius 3 is 0.875 bits per heavy atom. The molecule has 0 aliphatic carbocycles. The molecular weight excluding hydrogens is 291 g/mol. The van der Waals surface area contributed by atoms with Gasteiger partial charge in [-0.05, 0) is 0 Å². The molecule has 2 rings (SSSR count). The van der Waals surface area contributed by atoms with Crippen molar-refractivity contribution in [1.82, 2.24) is 0 Å². The predicted octanol–water partition coefficient (Wildman–Crippen LogP) is 3.64. The molecule has 0 heterocycles. The maximum Gasteiger partial charge on any atom is -0.172 e. The van der Waals surface area contributed by atoms with E-state index >= 15 is 0 Å². The van der Waals surface area contributed by atoms with Gasteiger partial charge in [-0.2, -0.15) is 36.4 Å². The first kappa shape index (κ1) is 29.8. The van der Waals surface area contributed by atoms with Gasteiger partial charge in [0.15, 0.2) is 0 Å². The van der Waals surface area contributed by atoms with E-state index < -0.39 is 0 Å². The van der Waals surface area contributed by atoms with E-state index in [1.807, 2.05) is 87.5 Å². The normalized spacial score (nSPS) is 5.19. The Labute approximate surface area is 126 Å². The molecule has 0 spiro atoms. The molecule has 0 unspecified atom stereocenters. The molecule has 94 valence electrons. The van der Waals surface area contributed by atoms with Gasteiger partial charge in [-0.1, -0.05) is 0 Å². The summed E-state index contributed by atoms with van der Waals surface area (Å²) in [6, 6.07) is 20.0. The number of rotatable bonds is 0. The van der Waals surface area contributed by atoms with E-state index in [9.17, 15) is 0 Å². The molecule has 0 saturated carbocycles. The Kier molecular flexibility index (Phi) is 55.0. The number of hydrogen-bond donors (Lipinski definition) is 0. The first-order valence-corrected chi connectivity index (χ1v) is 7.71. The Bertz CT molecular complexity index is 171. The van der Waals surface area contributed by atoms with Crippen molar-refractivity contribution in [3.05, 3.63) is 75.5 Å². The van der Waals surface area contributed by atoms with Gasteiger partial charge in [0.25, 0.3) is 0 Å². The van der Waals surface area contributed by atoms with E-state index in [4.69, 9.17) is 0 Å². The van der Waals surface area contributed by atoms with E-state index in [2.05, 4.69) is 0 Å². The molecule has 0 N–H and O–H groups in total. The van der Waals surface area contributed by atoms with Gasteiger partial charge in [-0.15, -0.1) is 24.8 Å². The average molecular weight is 311 g/mol. The van der Waals surface area contributed by atoms with E-state index in [1.54, 1.807) is 0 Å². The summed E-state index contributed by atoms with van der Waals surface area (Å²) in [5.41, 5.74) is 0. The van der Waals surface area contributed by atoms with Gasteiger partial charge in [0, 0.05) is 0 Å². The van der Waals surface area contributed by atoms with Crippen molar-refractivity contribution in [3.63, 3.8) is 0 Å². The molecule has 0 fully saturated rings. The Morgan fingerprint density at radius 1 is 0.625 bits per heavy atom. The van der Waals surface area contributed by atoms with E-state index in [0.29, 0.717) is 0 Å². The molecule has 0 saturated heterocycles. The van der Waals surface area contributed by atoms with Crippen LogP contribution in [0.1, 0.15) is 0 Å². The molecule has 0 amide bonds. The summed E-state index contributed by atoms with van der Waals surface area (Å²) in [5, 5.41) is 0. The van der Waals surface area contributed by atoms with Crippen LogP contribution in [0.15, 0.2) is 60.7 Å². The van der Waals surface area contributed by atoms with Crippen molar-refractivity contribution >= 4 is 32.4 Å². The van der Waals surface area contributed by atoms with Crippen molar-refractivity contribution in [2.45, 2.75) is 0 Å². The Balaban J connectivity index is -0.0000000360. The molecule has 16 heavy (non-hydrogen) atoms. The molecule has 4 heteroatoms. The van der Waals surface area contributed by atoms with Crippen LogP contribution < -0.4 is 0 Å². The number of halogens is 2. The first-order chi connectivity index (χ1) is 6.00. The molecule has 0 nitrogen and oxygen atoms in total. The van der Waals surface area contributed by atoms with Crippen LogP contribution in [0.4, 0.5) is 0 Å². The van der Waals surface area contributed by atoms with Crippen LogP contribution >= 0.6 is 24.8 Å². The van der Waals surface area contributed by atoms with Gasteiger partial charge in [-0.3, -0.25) is 0 Å². The fourth-order valence-corrected chi connectivity index (χ4v) is 0.642. The summed E-state index contributed by atoms with van der Waals surface area (Å²) in [6.07, 6.45) is 0. The first-order valence-electron chi connectivity index (χ1n) is 3.69. The number of hydrogen-bond acceptors (Lipinski definition) is 0. The molecular formula is C12H20Cl2SiTi-4. The SMILES string of the molecule is Cl.Cl.[CH3-].[CH3-].[SiH2]=[Ti].c1cc[cH-]c1.c1cc[cH-]c1. The van der Waals surface area contributed by atoms with E-state index in [0.717, 1.165) is 0 Å². The van der Waals surface area contributed by atoms with Gasteiger partial charge < -0.3 is 14.9 Å². The Morgan fingerprint density at radius 2 is 0.812 bits per heavy atom. The molecule has 2 aromatic rings. The van der Waals surface area contributed by atoms with Crippen LogP contribution in [0.5, 0.6) is 0 Å². The summed E-state index contributed by atoms with van der Waals surface area (Å²) >= 11 is 2.03. The van der Waals surface area contributed by atoms with Gasteiger partial charge >= 0.3 is 26.8 Å². The minimum absolute atomic E-state index is 0. The summed E-state index contributed by atoms with van der Waals surface area (Å²) in [5.74, 6) is 0. The van der Waals surface area contributed by atoms with Crippen LogP contribution in [0.25, 0.3) is 0 Å². The van der Waals surface area contributed by atoms with Crippen LogP contribution in [0.3, 0.4) is 0 Å². The second-order valence-corrected chi connectivity index (χ2v) is 1.92. The van der Waals surface area contributed by atoms with Crippen molar-refractivity contribution in [3.8, 4) is 0 Å². The fraction of sp³-hybridized carbons (Fsp3) is 0. The van der Waals surface area contributed by atoms with Gasteiger partial charge in [-0.25, -0.2) is 24.3 Å². The van der Waals surface area contributed by atoms with Crippen molar-refractivity contribution in [2.24, 2.45) is 0 Å². The topological polar surface area (TPSA) is 0 Å². The zero-order valence-electron chi connectivity index (χ0n) is 9.80. The van der Waals surface area contributed by atoms with Crippen LogP contribution in [-0.2, 0) is 19.2 Å². The van der Waals surface area contributed by atoms with E-state index in [1.165, 1.54) is 0 Å². The minimum atomic E-state index is 0.